The molecule has 2 aliphatic rings. The van der Waals surface area contributed by atoms with Crippen molar-refractivity contribution in [1.82, 2.24) is 15.2 Å². The Balaban J connectivity index is 1.35. The van der Waals surface area contributed by atoms with E-state index in [2.05, 4.69) is 20.4 Å². The van der Waals surface area contributed by atoms with Gasteiger partial charge in [-0.05, 0) is 69.1 Å². The van der Waals surface area contributed by atoms with Gasteiger partial charge in [-0.3, -0.25) is 4.79 Å². The molecule has 1 saturated carbocycles. The summed E-state index contributed by atoms with van der Waals surface area (Å²) in [5.74, 6) is -0.610. The van der Waals surface area contributed by atoms with Crippen molar-refractivity contribution in [2.24, 2.45) is 5.16 Å². The summed E-state index contributed by atoms with van der Waals surface area (Å²) in [6.07, 6.45) is -0.0702. The number of likely N-dealkylation sites (tertiary alicyclic amines) is 1. The Hall–Kier alpha value is -3.64. The summed E-state index contributed by atoms with van der Waals surface area (Å²) in [6, 6.07) is 6.62. The van der Waals surface area contributed by atoms with Gasteiger partial charge in [0.1, 0.15) is 17.8 Å². The van der Waals surface area contributed by atoms with Crippen molar-refractivity contribution < 1.29 is 37.4 Å². The lowest BCUT2D eigenvalue weighted by atomic mass is 10.0. The van der Waals surface area contributed by atoms with Crippen molar-refractivity contribution in [1.29, 1.82) is 0 Å². The molecule has 1 aromatic carbocycles. The van der Waals surface area contributed by atoms with Gasteiger partial charge in [0.05, 0.1) is 11.6 Å². The van der Waals surface area contributed by atoms with E-state index >= 15 is 0 Å². The fraction of sp³-hybridized carbons (Fsp3) is 0.423. The highest BCUT2D eigenvalue weighted by molar-refractivity contribution is 6.44. The van der Waals surface area contributed by atoms with Gasteiger partial charge in [-0.1, -0.05) is 5.16 Å². The second-order valence-corrected chi connectivity index (χ2v) is 9.59. The summed E-state index contributed by atoms with van der Waals surface area (Å²) >= 11 is 0. The van der Waals surface area contributed by atoms with Crippen LogP contribution in [-0.2, 0) is 11.0 Å². The first-order valence-corrected chi connectivity index (χ1v) is 12.4. The van der Waals surface area contributed by atoms with E-state index in [9.17, 15) is 28.3 Å². The Bertz CT molecular complexity index is 1310. The third kappa shape index (κ3) is 5.91. The van der Waals surface area contributed by atoms with E-state index < -0.39 is 35.5 Å². The van der Waals surface area contributed by atoms with E-state index in [1.165, 1.54) is 12.3 Å². The first-order chi connectivity index (χ1) is 18.2. The van der Waals surface area contributed by atoms with Crippen LogP contribution in [0.1, 0.15) is 48.7 Å². The second-order valence-electron chi connectivity index (χ2n) is 9.59. The molecular weight excluding hydrogens is 505 g/mol. The maximum Gasteiger partial charge on any atom is 0.416 e. The average Bonchev–Trinajstić information content (AvgIpc) is 3.36. The van der Waals surface area contributed by atoms with E-state index in [0.29, 0.717) is 18.0 Å². The molecule has 2 fully saturated rings. The van der Waals surface area contributed by atoms with E-state index in [-0.39, 0.29) is 22.8 Å². The molecule has 38 heavy (non-hydrogen) atoms. The number of nitrogens with zero attached hydrogens (tertiary/aromatic N) is 3. The molecule has 0 radical (unpaired) electrons. The van der Waals surface area contributed by atoms with Gasteiger partial charge in [-0.25, -0.2) is 4.98 Å². The van der Waals surface area contributed by atoms with E-state index in [1.54, 1.807) is 12.1 Å². The number of carbonyl (C=O) groups excluding carboxylic acids is 1. The molecular formula is C26H27F3N4O5. The number of oxime groups is 1. The fourth-order valence-electron chi connectivity index (χ4n) is 4.47. The number of halogens is 3. The Labute approximate surface area is 215 Å². The smallest absolute Gasteiger partial charge is 0.416 e. The summed E-state index contributed by atoms with van der Waals surface area (Å²) in [5, 5.41) is 26.6. The van der Waals surface area contributed by atoms with Crippen molar-refractivity contribution in [2.45, 2.75) is 50.1 Å². The summed E-state index contributed by atoms with van der Waals surface area (Å²) in [5.41, 5.74) is -0.848. The minimum absolute atomic E-state index is 0.0928. The van der Waals surface area contributed by atoms with Gasteiger partial charge < -0.3 is 29.7 Å². The van der Waals surface area contributed by atoms with Crippen molar-refractivity contribution in [3.05, 3.63) is 59.5 Å². The first-order valence-electron chi connectivity index (χ1n) is 12.4. The number of furan rings is 1. The molecule has 1 aliphatic carbocycles. The highest BCUT2D eigenvalue weighted by Gasteiger charge is 2.32. The van der Waals surface area contributed by atoms with Gasteiger partial charge in [0.25, 0.3) is 5.91 Å². The quantitative estimate of drug-likeness (QED) is 0.217. The van der Waals surface area contributed by atoms with Crippen molar-refractivity contribution >= 4 is 22.6 Å². The molecule has 3 N–H and O–H groups in total. The molecule has 2 atom stereocenters. The van der Waals surface area contributed by atoms with Crippen LogP contribution in [0.2, 0.25) is 0 Å². The SMILES string of the molecule is O=C(N[C@H](CN1CCCC1)[C@H](O)c1ccc(OC2CC2)nc1)/C(=N/O)c1cc2cc(C(F)(F)F)ccc2o1. The van der Waals surface area contributed by atoms with Crippen LogP contribution in [-0.4, -0.2) is 63.6 Å². The number of nitrogens with one attached hydrogen (secondary N) is 1. The van der Waals surface area contributed by atoms with E-state index in [4.69, 9.17) is 9.15 Å². The number of ether oxygens (including phenoxy) is 1. The number of hydrogen-bond acceptors (Lipinski definition) is 8. The van der Waals surface area contributed by atoms with Crippen molar-refractivity contribution in [2.75, 3.05) is 19.6 Å². The molecule has 5 rings (SSSR count). The topological polar surface area (TPSA) is 120 Å². The van der Waals surface area contributed by atoms with Crippen molar-refractivity contribution in [3.63, 3.8) is 0 Å². The molecule has 3 aromatic rings. The normalized spacial score (nSPS) is 18.5. The predicted octanol–water partition coefficient (Wildman–Crippen LogP) is 3.88. The first kappa shape index (κ1) is 26.0. The van der Waals surface area contributed by atoms with Gasteiger partial charge in [-0.2, -0.15) is 13.2 Å². The summed E-state index contributed by atoms with van der Waals surface area (Å²) in [6.45, 7) is 1.93. The lowest BCUT2D eigenvalue weighted by Gasteiger charge is -2.28. The number of rotatable bonds is 9. The van der Waals surface area contributed by atoms with Crippen LogP contribution in [0.25, 0.3) is 11.0 Å². The number of hydrogen-bond donors (Lipinski definition) is 3. The number of benzene rings is 1. The third-order valence-corrected chi connectivity index (χ3v) is 6.66. The van der Waals surface area contributed by atoms with Gasteiger partial charge in [0, 0.05) is 29.8 Å². The maximum atomic E-state index is 13.2. The lowest BCUT2D eigenvalue weighted by molar-refractivity contribution is -0.137. The molecule has 3 heterocycles. The van der Waals surface area contributed by atoms with Crippen LogP contribution in [0.4, 0.5) is 13.2 Å². The third-order valence-electron chi connectivity index (χ3n) is 6.66. The van der Waals surface area contributed by atoms with Gasteiger partial charge in [-0.15, -0.1) is 0 Å². The van der Waals surface area contributed by atoms with E-state index in [1.807, 2.05) is 0 Å². The largest absolute Gasteiger partial charge is 0.474 e. The number of pyridine rings is 1. The van der Waals surface area contributed by atoms with Crippen LogP contribution in [0.3, 0.4) is 0 Å². The molecule has 1 amide bonds. The standard InChI is InChI=1S/C26H27F3N4O5/c27-26(28,29)17-4-7-20-16(11-17)12-21(38-20)23(32-36)25(35)31-19(14-33-9-1-2-10-33)24(34)15-3-8-22(30-13-15)37-18-5-6-18/h3-4,7-8,11-13,18-19,24,34,36H,1-2,5-6,9-10,14H2,(H,31,35)/b32-23+/t19-,24-/m1/s1. The number of alkyl halides is 3. The number of amides is 1. The second kappa shape index (κ2) is 10.6. The molecule has 0 spiro atoms. The van der Waals surface area contributed by atoms with Crippen LogP contribution in [0.15, 0.2) is 52.2 Å². The number of aliphatic hydroxyl groups excluding tert-OH is 1. The fourth-order valence-corrected chi connectivity index (χ4v) is 4.47. The van der Waals surface area contributed by atoms with Gasteiger partial charge in [0.2, 0.25) is 11.6 Å². The number of aliphatic hydroxyl groups is 1. The van der Waals surface area contributed by atoms with Crippen LogP contribution >= 0.6 is 0 Å². The lowest BCUT2D eigenvalue weighted by Crippen LogP contribution is -2.48. The molecule has 0 unspecified atom stereocenters. The molecule has 9 nitrogen and oxygen atoms in total. The average molecular weight is 533 g/mol. The number of aromatic nitrogens is 1. The Morgan fingerprint density at radius 3 is 2.61 bits per heavy atom. The van der Waals surface area contributed by atoms with E-state index in [0.717, 1.165) is 57.0 Å². The van der Waals surface area contributed by atoms with Crippen LogP contribution in [0, 0.1) is 0 Å². The summed E-state index contributed by atoms with van der Waals surface area (Å²) < 4.78 is 50.4. The maximum absolute atomic E-state index is 13.2. The molecule has 1 aliphatic heterocycles. The molecule has 1 saturated heterocycles. The zero-order valence-corrected chi connectivity index (χ0v) is 20.3. The molecule has 12 heteroatoms. The highest BCUT2D eigenvalue weighted by atomic mass is 19.4. The zero-order valence-electron chi connectivity index (χ0n) is 20.3. The number of carbonyl (C=O) groups is 1. The van der Waals surface area contributed by atoms with Gasteiger partial charge >= 0.3 is 6.18 Å². The van der Waals surface area contributed by atoms with Crippen molar-refractivity contribution in [3.8, 4) is 5.88 Å². The van der Waals surface area contributed by atoms with Crippen LogP contribution in [0.5, 0.6) is 5.88 Å². The van der Waals surface area contributed by atoms with Crippen LogP contribution < -0.4 is 10.1 Å². The Kier molecular flexibility index (Phi) is 7.26. The number of fused-ring (bicyclic) bond motifs is 1. The Morgan fingerprint density at radius 2 is 1.97 bits per heavy atom. The minimum Gasteiger partial charge on any atom is -0.474 e. The van der Waals surface area contributed by atoms with Gasteiger partial charge in [0.15, 0.2) is 5.76 Å². The molecule has 0 bridgehead atoms. The predicted molar refractivity (Wildman–Crippen MR) is 130 cm³/mol. The highest BCUT2D eigenvalue weighted by Crippen LogP contribution is 2.32. The summed E-state index contributed by atoms with van der Waals surface area (Å²) in [4.78, 5) is 19.5. The Morgan fingerprint density at radius 1 is 1.21 bits per heavy atom. The molecule has 2 aromatic heterocycles. The monoisotopic (exact) mass is 532 g/mol. The zero-order chi connectivity index (χ0) is 26.9. The molecule has 202 valence electrons. The summed E-state index contributed by atoms with van der Waals surface area (Å²) in [7, 11) is 0. The minimum atomic E-state index is -4.55.